The molecule has 0 aromatic carbocycles. The summed E-state index contributed by atoms with van der Waals surface area (Å²) in [5, 5.41) is 10.5. The molecule has 1 spiro atoms. The number of amides is 2. The van der Waals surface area contributed by atoms with Crippen LogP contribution in [0, 0.1) is 0 Å². The Bertz CT molecular complexity index is 1510. The lowest BCUT2D eigenvalue weighted by Crippen LogP contribution is -2.47. The third kappa shape index (κ3) is 3.56. The number of nitrogens with zero attached hydrogens (tertiary/aromatic N) is 6. The first-order valence-electron chi connectivity index (χ1n) is 11.6. The molecule has 0 saturated carbocycles. The molecule has 0 radical (unpaired) electrons. The number of carbonyl (C=O) groups excluding carboxylic acids is 2. The van der Waals surface area contributed by atoms with Crippen LogP contribution in [0.1, 0.15) is 41.7 Å². The lowest BCUT2D eigenvalue weighted by atomic mass is 9.91. The molecule has 4 N–H and O–H groups in total. The summed E-state index contributed by atoms with van der Waals surface area (Å²) in [5.74, 6) is 0.587. The van der Waals surface area contributed by atoms with Gasteiger partial charge in [0, 0.05) is 43.9 Å². The Morgan fingerprint density at radius 1 is 1.36 bits per heavy atom. The van der Waals surface area contributed by atoms with Gasteiger partial charge in [-0.1, -0.05) is 11.6 Å². The van der Waals surface area contributed by atoms with Gasteiger partial charge in [-0.25, -0.2) is 19.3 Å². The Labute approximate surface area is 210 Å². The van der Waals surface area contributed by atoms with Crippen molar-refractivity contribution in [3.8, 4) is 0 Å². The highest BCUT2D eigenvalue weighted by Gasteiger charge is 2.43. The summed E-state index contributed by atoms with van der Waals surface area (Å²) >= 11 is 6.61. The third-order valence-corrected chi connectivity index (χ3v) is 7.26. The molecule has 2 aliphatic heterocycles. The Morgan fingerprint density at radius 2 is 2.17 bits per heavy atom. The van der Waals surface area contributed by atoms with Gasteiger partial charge in [0.1, 0.15) is 23.3 Å². The Kier molecular flexibility index (Phi) is 5.14. The zero-order valence-electron chi connectivity index (χ0n) is 19.4. The summed E-state index contributed by atoms with van der Waals surface area (Å²) in [7, 11) is 0. The van der Waals surface area contributed by atoms with Gasteiger partial charge in [-0.3, -0.25) is 9.20 Å². The summed E-state index contributed by atoms with van der Waals surface area (Å²) in [4.78, 5) is 35.7. The van der Waals surface area contributed by atoms with E-state index in [2.05, 4.69) is 30.6 Å². The molecule has 2 amide bonds. The summed E-state index contributed by atoms with van der Waals surface area (Å²) in [6, 6.07) is 3.14. The minimum atomic E-state index is -0.484. The number of nitrogens with two attached hydrogens (primary N) is 1. The molecule has 6 rings (SSSR count). The molecule has 12 nitrogen and oxygen atoms in total. The van der Waals surface area contributed by atoms with Crippen LogP contribution >= 0.6 is 11.6 Å². The van der Waals surface area contributed by atoms with E-state index in [-0.39, 0.29) is 23.4 Å². The molecule has 2 aliphatic rings. The number of pyridine rings is 1. The standard InChI is InChI=1S/C23H24ClN9O3/c1-13(29-20(34)17-18(25)30-33-6-2-5-27-19(17)33)14-9-15(24)16-10-26-12-32(16)21(14)31-7-3-23(4-8-31)11-28-22(35)36-23/h2,5-6,9-10,12-13H,3-4,7-8,11H2,1H3,(H2,25,30)(H,28,35)(H,29,34). The first-order chi connectivity index (χ1) is 17.3. The smallest absolute Gasteiger partial charge is 0.407 e. The van der Waals surface area contributed by atoms with Gasteiger partial charge in [-0.15, -0.1) is 5.10 Å². The van der Waals surface area contributed by atoms with Gasteiger partial charge in [-0.2, -0.15) is 0 Å². The van der Waals surface area contributed by atoms with Gasteiger partial charge in [0.2, 0.25) is 0 Å². The number of imidazole rings is 1. The Balaban J connectivity index is 1.33. The molecular formula is C23H24ClN9O3. The van der Waals surface area contributed by atoms with E-state index in [1.54, 1.807) is 31.0 Å². The van der Waals surface area contributed by atoms with Gasteiger partial charge < -0.3 is 26.0 Å². The second-order valence-corrected chi connectivity index (χ2v) is 9.58. The maximum Gasteiger partial charge on any atom is 0.407 e. The number of alkyl carbamates (subject to hydrolysis) is 1. The fraction of sp³-hybridized carbons (Fsp3) is 0.348. The van der Waals surface area contributed by atoms with Crippen LogP contribution in [-0.2, 0) is 4.74 Å². The fourth-order valence-electron chi connectivity index (χ4n) is 5.08. The highest BCUT2D eigenvalue weighted by molar-refractivity contribution is 6.34. The fourth-order valence-corrected chi connectivity index (χ4v) is 5.34. The van der Waals surface area contributed by atoms with E-state index < -0.39 is 11.6 Å². The molecule has 0 aliphatic carbocycles. The molecular weight excluding hydrogens is 486 g/mol. The first kappa shape index (κ1) is 22.4. The number of piperidine rings is 1. The number of ether oxygens (including phenoxy) is 1. The van der Waals surface area contributed by atoms with Gasteiger partial charge in [0.15, 0.2) is 11.5 Å². The number of hydrogen-bond acceptors (Lipinski definition) is 8. The highest BCUT2D eigenvalue weighted by atomic mass is 35.5. The monoisotopic (exact) mass is 509 g/mol. The average Bonchev–Trinajstić information content (AvgIpc) is 3.57. The normalized spacial score (nSPS) is 17.9. The minimum absolute atomic E-state index is 0.0998. The van der Waals surface area contributed by atoms with Gasteiger partial charge >= 0.3 is 6.09 Å². The number of rotatable bonds is 4. The molecule has 36 heavy (non-hydrogen) atoms. The molecule has 4 aromatic rings. The Morgan fingerprint density at radius 3 is 2.92 bits per heavy atom. The lowest BCUT2D eigenvalue weighted by Gasteiger charge is -2.39. The SMILES string of the molecule is CC(NC(=O)c1c(N)nn2cccnc12)c1cc(Cl)c2cncn2c1N1CCC2(CC1)CNC(=O)O2. The number of aromatic nitrogens is 5. The van der Waals surface area contributed by atoms with Crippen LogP contribution in [0.3, 0.4) is 0 Å². The zero-order valence-corrected chi connectivity index (χ0v) is 20.2. The average molecular weight is 510 g/mol. The van der Waals surface area contributed by atoms with E-state index in [1.165, 1.54) is 4.52 Å². The molecule has 0 bridgehead atoms. The number of nitrogens with one attached hydrogen (secondary N) is 2. The summed E-state index contributed by atoms with van der Waals surface area (Å²) in [5.41, 5.74) is 7.74. The third-order valence-electron chi connectivity index (χ3n) is 6.95. The molecule has 2 saturated heterocycles. The Hall–Kier alpha value is -4.06. The largest absolute Gasteiger partial charge is 0.441 e. The predicted octanol–water partition coefficient (Wildman–Crippen LogP) is 2.18. The predicted molar refractivity (Wildman–Crippen MR) is 132 cm³/mol. The van der Waals surface area contributed by atoms with E-state index in [1.807, 2.05) is 17.4 Å². The van der Waals surface area contributed by atoms with Crippen LogP contribution < -0.4 is 21.3 Å². The van der Waals surface area contributed by atoms with Crippen molar-refractivity contribution in [2.45, 2.75) is 31.4 Å². The minimum Gasteiger partial charge on any atom is -0.441 e. The molecule has 13 heteroatoms. The molecule has 2 fully saturated rings. The first-order valence-corrected chi connectivity index (χ1v) is 12.0. The van der Waals surface area contributed by atoms with Crippen molar-refractivity contribution < 1.29 is 14.3 Å². The van der Waals surface area contributed by atoms with Crippen molar-refractivity contribution in [1.82, 2.24) is 34.6 Å². The van der Waals surface area contributed by atoms with Crippen LogP contribution in [0.2, 0.25) is 5.02 Å². The maximum atomic E-state index is 13.3. The van der Waals surface area contributed by atoms with Crippen molar-refractivity contribution >= 4 is 46.4 Å². The number of fused-ring (bicyclic) bond motifs is 2. The van der Waals surface area contributed by atoms with Crippen LogP contribution in [0.15, 0.2) is 37.1 Å². The topological polar surface area (TPSA) is 144 Å². The summed E-state index contributed by atoms with van der Waals surface area (Å²) < 4.78 is 8.99. The maximum absolute atomic E-state index is 13.3. The molecule has 4 aromatic heterocycles. The number of nitrogen functional groups attached to an aromatic ring is 1. The molecule has 6 heterocycles. The van der Waals surface area contributed by atoms with Gasteiger partial charge in [0.05, 0.1) is 29.3 Å². The van der Waals surface area contributed by atoms with Crippen molar-refractivity contribution in [1.29, 1.82) is 0 Å². The lowest BCUT2D eigenvalue weighted by molar-refractivity contribution is 0.0365. The van der Waals surface area contributed by atoms with Crippen LogP contribution in [-0.4, -0.2) is 61.2 Å². The van der Waals surface area contributed by atoms with E-state index in [0.717, 1.165) is 16.9 Å². The van der Waals surface area contributed by atoms with E-state index in [9.17, 15) is 9.59 Å². The number of halogens is 1. The van der Waals surface area contributed by atoms with Crippen LogP contribution in [0.4, 0.5) is 16.4 Å². The summed E-state index contributed by atoms with van der Waals surface area (Å²) in [6.07, 6.45) is 7.67. The van der Waals surface area contributed by atoms with Crippen molar-refractivity contribution in [3.63, 3.8) is 0 Å². The van der Waals surface area contributed by atoms with Gasteiger partial charge in [-0.05, 0) is 19.1 Å². The van der Waals surface area contributed by atoms with E-state index in [0.29, 0.717) is 43.1 Å². The highest BCUT2D eigenvalue weighted by Crippen LogP contribution is 2.37. The zero-order chi connectivity index (χ0) is 25.0. The number of anilines is 2. The van der Waals surface area contributed by atoms with Crippen LogP contribution in [0.25, 0.3) is 11.2 Å². The quantitative estimate of drug-likeness (QED) is 0.379. The van der Waals surface area contributed by atoms with Gasteiger partial charge in [0.25, 0.3) is 5.91 Å². The van der Waals surface area contributed by atoms with Crippen molar-refractivity contribution in [3.05, 3.63) is 53.2 Å². The second-order valence-electron chi connectivity index (χ2n) is 9.18. The molecule has 186 valence electrons. The summed E-state index contributed by atoms with van der Waals surface area (Å²) in [6.45, 7) is 3.71. The van der Waals surface area contributed by atoms with E-state index in [4.69, 9.17) is 22.1 Å². The molecule has 1 unspecified atom stereocenters. The van der Waals surface area contributed by atoms with E-state index >= 15 is 0 Å². The van der Waals surface area contributed by atoms with Crippen molar-refractivity contribution in [2.24, 2.45) is 0 Å². The number of carbonyl (C=O) groups is 2. The van der Waals surface area contributed by atoms with Crippen LogP contribution in [0.5, 0.6) is 0 Å². The van der Waals surface area contributed by atoms with Crippen molar-refractivity contribution in [2.75, 3.05) is 30.3 Å². The second kappa shape index (κ2) is 8.26. The number of hydrogen-bond donors (Lipinski definition) is 3. The molecule has 1 atom stereocenters.